The van der Waals surface area contributed by atoms with Gasteiger partial charge in [0.25, 0.3) is 0 Å². The van der Waals surface area contributed by atoms with Crippen molar-refractivity contribution in [3.05, 3.63) is 54.1 Å². The Morgan fingerprint density at radius 2 is 1.94 bits per heavy atom. The van der Waals surface area contributed by atoms with Crippen molar-refractivity contribution in [2.24, 2.45) is 0 Å². The molecule has 1 aromatic rings. The van der Waals surface area contributed by atoms with Crippen molar-refractivity contribution in [3.63, 3.8) is 0 Å². The number of benzene rings is 1. The van der Waals surface area contributed by atoms with Gasteiger partial charge in [0.05, 0.1) is 5.84 Å². The molecule has 0 atom stereocenters. The minimum atomic E-state index is -0.287. The Kier molecular flexibility index (Phi) is 4.73. The first-order valence-corrected chi connectivity index (χ1v) is 4.94. The van der Waals surface area contributed by atoms with Gasteiger partial charge in [-0.3, -0.25) is 10.2 Å². The highest BCUT2D eigenvalue weighted by molar-refractivity contribution is 6.01. The van der Waals surface area contributed by atoms with Gasteiger partial charge < -0.3 is 5.32 Å². The Labute approximate surface area is 95.0 Å². The van der Waals surface area contributed by atoms with Gasteiger partial charge in [-0.1, -0.05) is 48.6 Å². The van der Waals surface area contributed by atoms with Gasteiger partial charge in [-0.2, -0.15) is 0 Å². The van der Waals surface area contributed by atoms with E-state index in [-0.39, 0.29) is 11.7 Å². The molecule has 0 saturated heterocycles. The lowest BCUT2D eigenvalue weighted by Crippen LogP contribution is -2.25. The second-order valence-electron chi connectivity index (χ2n) is 3.24. The number of rotatable bonds is 3. The van der Waals surface area contributed by atoms with Crippen LogP contribution in [-0.2, 0) is 4.79 Å². The van der Waals surface area contributed by atoms with Crippen molar-refractivity contribution in [2.45, 2.75) is 6.92 Å². The molecule has 0 aliphatic carbocycles. The first-order valence-electron chi connectivity index (χ1n) is 4.94. The van der Waals surface area contributed by atoms with Gasteiger partial charge in [0.15, 0.2) is 0 Å². The molecule has 0 unspecified atom stereocenters. The lowest BCUT2D eigenvalue weighted by Gasteiger charge is -1.94. The van der Waals surface area contributed by atoms with Crippen LogP contribution in [0.5, 0.6) is 0 Å². The predicted molar refractivity (Wildman–Crippen MR) is 66.2 cm³/mol. The maximum Gasteiger partial charge on any atom is 0.249 e. The fourth-order valence-corrected chi connectivity index (χ4v) is 1.10. The monoisotopic (exact) mass is 214 g/mol. The van der Waals surface area contributed by atoms with Crippen LogP contribution in [0.25, 0.3) is 6.08 Å². The van der Waals surface area contributed by atoms with E-state index in [1.54, 1.807) is 12.2 Å². The number of carbonyl (C=O) groups excluding carboxylic acids is 1. The summed E-state index contributed by atoms with van der Waals surface area (Å²) >= 11 is 0. The second-order valence-corrected chi connectivity index (χ2v) is 3.24. The average molecular weight is 214 g/mol. The van der Waals surface area contributed by atoms with Crippen LogP contribution >= 0.6 is 0 Å². The number of allylic oxidation sites excluding steroid dienone is 2. The number of hydrogen-bond acceptors (Lipinski definition) is 2. The molecule has 0 fully saturated rings. The van der Waals surface area contributed by atoms with Gasteiger partial charge >= 0.3 is 0 Å². The molecule has 16 heavy (non-hydrogen) atoms. The largest absolute Gasteiger partial charge is 0.311 e. The second kappa shape index (κ2) is 6.35. The highest BCUT2D eigenvalue weighted by Crippen LogP contribution is 2.00. The van der Waals surface area contributed by atoms with E-state index in [1.807, 2.05) is 36.4 Å². The summed E-state index contributed by atoms with van der Waals surface area (Å²) in [6.07, 6.45) is 6.72. The first-order chi connectivity index (χ1) is 7.68. The molecule has 82 valence electrons. The Hall–Kier alpha value is -2.16. The number of hydrogen-bond donors (Lipinski definition) is 2. The molecule has 0 aliphatic rings. The topological polar surface area (TPSA) is 53.0 Å². The molecule has 0 spiro atoms. The summed E-state index contributed by atoms with van der Waals surface area (Å²) in [7, 11) is 0. The number of amidine groups is 1. The van der Waals surface area contributed by atoms with E-state index in [4.69, 9.17) is 5.41 Å². The van der Waals surface area contributed by atoms with E-state index < -0.39 is 0 Å². The molecular formula is C13H14N2O. The van der Waals surface area contributed by atoms with Crippen molar-refractivity contribution in [1.82, 2.24) is 5.32 Å². The van der Waals surface area contributed by atoms with Gasteiger partial charge in [0.1, 0.15) is 0 Å². The standard InChI is InChI=1S/C13H14N2O/c1-11(14)15-13(16)10-6-5-9-12-7-3-2-4-8-12/h2-10H,1H3,(H2,14,15,16)/b9-5+,10-6+. The summed E-state index contributed by atoms with van der Waals surface area (Å²) in [4.78, 5) is 11.1. The number of amides is 1. The fraction of sp³-hybridized carbons (Fsp3) is 0.0769. The van der Waals surface area contributed by atoms with Gasteiger partial charge in [0, 0.05) is 6.08 Å². The Bertz CT molecular complexity index is 419. The SMILES string of the molecule is CC(=N)NC(=O)/C=C/C=C/c1ccccc1. The van der Waals surface area contributed by atoms with E-state index in [0.29, 0.717) is 0 Å². The summed E-state index contributed by atoms with van der Waals surface area (Å²) in [6.45, 7) is 1.52. The van der Waals surface area contributed by atoms with E-state index in [0.717, 1.165) is 5.56 Å². The molecule has 3 nitrogen and oxygen atoms in total. The Morgan fingerprint density at radius 1 is 1.25 bits per heavy atom. The molecule has 0 aliphatic heterocycles. The molecule has 0 aromatic heterocycles. The van der Waals surface area contributed by atoms with Crippen molar-refractivity contribution < 1.29 is 4.79 Å². The van der Waals surface area contributed by atoms with Crippen LogP contribution in [0.1, 0.15) is 12.5 Å². The third kappa shape index (κ3) is 4.91. The number of carbonyl (C=O) groups is 1. The van der Waals surface area contributed by atoms with Crippen LogP contribution in [0.2, 0.25) is 0 Å². The Morgan fingerprint density at radius 3 is 2.56 bits per heavy atom. The van der Waals surface area contributed by atoms with Crippen molar-refractivity contribution in [2.75, 3.05) is 0 Å². The number of nitrogens with one attached hydrogen (secondary N) is 2. The van der Waals surface area contributed by atoms with Crippen molar-refractivity contribution in [3.8, 4) is 0 Å². The van der Waals surface area contributed by atoms with E-state index >= 15 is 0 Å². The zero-order valence-corrected chi connectivity index (χ0v) is 9.10. The van der Waals surface area contributed by atoms with E-state index in [9.17, 15) is 4.79 Å². The van der Waals surface area contributed by atoms with Crippen LogP contribution in [0.4, 0.5) is 0 Å². The molecule has 2 N–H and O–H groups in total. The van der Waals surface area contributed by atoms with Crippen LogP contribution in [0.3, 0.4) is 0 Å². The summed E-state index contributed by atoms with van der Waals surface area (Å²) < 4.78 is 0. The van der Waals surface area contributed by atoms with Crippen LogP contribution in [0, 0.1) is 5.41 Å². The van der Waals surface area contributed by atoms with Crippen molar-refractivity contribution in [1.29, 1.82) is 5.41 Å². The van der Waals surface area contributed by atoms with Crippen LogP contribution < -0.4 is 5.32 Å². The normalized spacial score (nSPS) is 10.8. The maximum atomic E-state index is 11.1. The van der Waals surface area contributed by atoms with Gasteiger partial charge in [-0.05, 0) is 12.5 Å². The highest BCUT2D eigenvalue weighted by atomic mass is 16.1. The summed E-state index contributed by atoms with van der Waals surface area (Å²) in [5.41, 5.74) is 1.08. The Balaban J connectivity index is 2.45. The third-order valence-corrected chi connectivity index (χ3v) is 1.76. The fourth-order valence-electron chi connectivity index (χ4n) is 1.10. The van der Waals surface area contributed by atoms with Gasteiger partial charge in [0.2, 0.25) is 5.91 Å². The van der Waals surface area contributed by atoms with Crippen LogP contribution in [-0.4, -0.2) is 11.7 Å². The van der Waals surface area contributed by atoms with E-state index in [2.05, 4.69) is 5.32 Å². The van der Waals surface area contributed by atoms with E-state index in [1.165, 1.54) is 13.0 Å². The predicted octanol–water partition coefficient (Wildman–Crippen LogP) is 2.37. The van der Waals surface area contributed by atoms with Crippen LogP contribution in [0.15, 0.2) is 48.6 Å². The van der Waals surface area contributed by atoms with Gasteiger partial charge in [-0.25, -0.2) is 0 Å². The minimum Gasteiger partial charge on any atom is -0.311 e. The molecule has 0 saturated carbocycles. The summed E-state index contributed by atoms with van der Waals surface area (Å²) in [5, 5.41) is 9.42. The minimum absolute atomic E-state index is 0.140. The highest BCUT2D eigenvalue weighted by Gasteiger charge is 1.92. The molecule has 0 radical (unpaired) electrons. The zero-order valence-electron chi connectivity index (χ0n) is 9.10. The summed E-state index contributed by atoms with van der Waals surface area (Å²) in [6, 6.07) is 9.81. The first kappa shape index (κ1) is 11.9. The molecule has 0 bridgehead atoms. The zero-order chi connectivity index (χ0) is 11.8. The third-order valence-electron chi connectivity index (χ3n) is 1.76. The van der Waals surface area contributed by atoms with Crippen molar-refractivity contribution >= 4 is 17.8 Å². The lowest BCUT2D eigenvalue weighted by atomic mass is 10.2. The summed E-state index contributed by atoms with van der Waals surface area (Å²) in [5.74, 6) is -0.146. The molecule has 3 heteroatoms. The molecule has 1 aromatic carbocycles. The maximum absolute atomic E-state index is 11.1. The van der Waals surface area contributed by atoms with Gasteiger partial charge in [-0.15, -0.1) is 0 Å². The molecule has 1 rings (SSSR count). The average Bonchev–Trinajstić information content (AvgIpc) is 2.25. The lowest BCUT2D eigenvalue weighted by molar-refractivity contribution is -0.115. The smallest absolute Gasteiger partial charge is 0.249 e. The quantitative estimate of drug-likeness (QED) is 0.345. The molecule has 1 amide bonds. The molecular weight excluding hydrogens is 200 g/mol. The molecule has 0 heterocycles.